The Hall–Kier alpha value is -4.31. The van der Waals surface area contributed by atoms with Crippen molar-refractivity contribution >= 4 is 23.2 Å². The Labute approximate surface area is 206 Å². The first kappa shape index (κ1) is 24.8. The Morgan fingerprint density at radius 2 is 1.64 bits per heavy atom. The molecule has 0 spiro atoms. The number of carbonyl (C=O) groups is 1. The molecule has 1 amide bonds. The van der Waals surface area contributed by atoms with Gasteiger partial charge in [-0.3, -0.25) is 19.1 Å². The third kappa shape index (κ3) is 6.22. The number of nitrogens with zero attached hydrogens (tertiary/aromatic N) is 1. The average Bonchev–Trinajstić information content (AvgIpc) is 2.81. The maximum absolute atomic E-state index is 12.6. The van der Waals surface area contributed by atoms with Crippen molar-refractivity contribution in [3.8, 4) is 22.6 Å². The van der Waals surface area contributed by atoms with E-state index >= 15 is 0 Å². The van der Waals surface area contributed by atoms with Gasteiger partial charge in [0.1, 0.15) is 10.8 Å². The molecule has 4 aromatic rings. The van der Waals surface area contributed by atoms with Gasteiger partial charge in [0.05, 0.1) is 12.1 Å². The number of benzene rings is 3. The van der Waals surface area contributed by atoms with E-state index in [0.717, 1.165) is 4.57 Å². The Kier molecular flexibility index (Phi) is 6.98. The molecule has 36 heavy (non-hydrogen) atoms. The van der Waals surface area contributed by atoms with Crippen LogP contribution in [0.2, 0.25) is 5.02 Å². The SMILES string of the molecule is O=C(Cc1cccc(-c2cccc(OC(F)(F)F)c2)c1)Nc1ccc(-n2cc(Cl)c(=O)[nH]c2=O)cc1. The van der Waals surface area contributed by atoms with Gasteiger partial charge >= 0.3 is 12.1 Å². The number of H-pyrrole nitrogens is 1. The van der Waals surface area contributed by atoms with Gasteiger partial charge in [-0.1, -0.05) is 48.0 Å². The summed E-state index contributed by atoms with van der Waals surface area (Å²) in [4.78, 5) is 38.1. The first-order valence-electron chi connectivity index (χ1n) is 10.4. The molecule has 0 unspecified atom stereocenters. The topological polar surface area (TPSA) is 93.2 Å². The summed E-state index contributed by atoms with van der Waals surface area (Å²) >= 11 is 5.78. The molecule has 2 N–H and O–H groups in total. The van der Waals surface area contributed by atoms with E-state index in [1.165, 1.54) is 24.4 Å². The van der Waals surface area contributed by atoms with Gasteiger partial charge in [0, 0.05) is 11.9 Å². The highest BCUT2D eigenvalue weighted by Gasteiger charge is 2.31. The molecule has 11 heteroatoms. The molecule has 0 saturated heterocycles. The molecule has 0 bridgehead atoms. The van der Waals surface area contributed by atoms with Crippen LogP contribution in [0.1, 0.15) is 5.56 Å². The Morgan fingerprint density at radius 3 is 2.33 bits per heavy atom. The highest BCUT2D eigenvalue weighted by atomic mass is 35.5. The number of aromatic nitrogens is 2. The van der Waals surface area contributed by atoms with Crippen molar-refractivity contribution < 1.29 is 22.7 Å². The maximum Gasteiger partial charge on any atom is 0.573 e. The maximum atomic E-state index is 12.6. The van der Waals surface area contributed by atoms with E-state index in [4.69, 9.17) is 11.6 Å². The minimum atomic E-state index is -4.79. The number of nitrogens with one attached hydrogen (secondary N) is 2. The van der Waals surface area contributed by atoms with Gasteiger partial charge in [0.25, 0.3) is 5.56 Å². The number of amides is 1. The molecule has 184 valence electrons. The first-order chi connectivity index (χ1) is 17.1. The molecular weight excluding hydrogens is 499 g/mol. The van der Waals surface area contributed by atoms with Crippen LogP contribution in [0.25, 0.3) is 16.8 Å². The van der Waals surface area contributed by atoms with Crippen LogP contribution < -0.4 is 21.3 Å². The summed E-state index contributed by atoms with van der Waals surface area (Å²) in [6, 6.07) is 18.8. The predicted octanol–water partition coefficient (Wildman–Crippen LogP) is 4.93. The van der Waals surface area contributed by atoms with E-state index in [1.807, 2.05) is 0 Å². The van der Waals surface area contributed by atoms with E-state index in [1.54, 1.807) is 54.6 Å². The number of ether oxygens (including phenoxy) is 1. The second-order valence-corrected chi connectivity index (χ2v) is 8.06. The normalized spacial score (nSPS) is 11.2. The number of hydrogen-bond acceptors (Lipinski definition) is 4. The molecular formula is C25H17ClF3N3O4. The van der Waals surface area contributed by atoms with Crippen molar-refractivity contribution in [1.82, 2.24) is 9.55 Å². The van der Waals surface area contributed by atoms with Gasteiger partial charge in [-0.25, -0.2) is 4.79 Å². The third-order valence-electron chi connectivity index (χ3n) is 5.02. The molecule has 0 aliphatic carbocycles. The first-order valence-corrected chi connectivity index (χ1v) is 10.8. The molecule has 1 heterocycles. The average molecular weight is 516 g/mol. The summed E-state index contributed by atoms with van der Waals surface area (Å²) in [5.41, 5.74) is 1.35. The fourth-order valence-electron chi connectivity index (χ4n) is 3.47. The number of alkyl halides is 3. The van der Waals surface area contributed by atoms with Gasteiger partial charge in [0.15, 0.2) is 0 Å². The summed E-state index contributed by atoms with van der Waals surface area (Å²) < 4.78 is 42.7. The van der Waals surface area contributed by atoms with Crippen LogP contribution in [-0.4, -0.2) is 21.8 Å². The quantitative estimate of drug-likeness (QED) is 0.381. The second kappa shape index (κ2) is 10.1. The van der Waals surface area contributed by atoms with Gasteiger partial charge in [-0.15, -0.1) is 13.2 Å². The number of anilines is 1. The van der Waals surface area contributed by atoms with E-state index in [2.05, 4.69) is 15.0 Å². The Bertz CT molecular complexity index is 1530. The number of hydrogen-bond donors (Lipinski definition) is 2. The number of halogens is 4. The van der Waals surface area contributed by atoms with Crippen LogP contribution in [0.4, 0.5) is 18.9 Å². The molecule has 0 aliphatic rings. The molecule has 0 fully saturated rings. The van der Waals surface area contributed by atoms with E-state index in [0.29, 0.717) is 28.1 Å². The zero-order valence-corrected chi connectivity index (χ0v) is 19.1. The van der Waals surface area contributed by atoms with Crippen LogP contribution in [0, 0.1) is 0 Å². The van der Waals surface area contributed by atoms with E-state index in [9.17, 15) is 27.6 Å². The fraction of sp³-hybridized carbons (Fsp3) is 0.0800. The smallest absolute Gasteiger partial charge is 0.406 e. The summed E-state index contributed by atoms with van der Waals surface area (Å²) in [6.45, 7) is 0. The minimum Gasteiger partial charge on any atom is -0.406 e. The molecule has 0 radical (unpaired) electrons. The Morgan fingerprint density at radius 1 is 0.972 bits per heavy atom. The van der Waals surface area contributed by atoms with Gasteiger partial charge in [0.2, 0.25) is 5.91 Å². The largest absolute Gasteiger partial charge is 0.573 e. The van der Waals surface area contributed by atoms with Gasteiger partial charge in [-0.2, -0.15) is 0 Å². The molecule has 0 aliphatic heterocycles. The lowest BCUT2D eigenvalue weighted by atomic mass is 10.0. The van der Waals surface area contributed by atoms with Crippen molar-refractivity contribution in [3.05, 3.63) is 110 Å². The van der Waals surface area contributed by atoms with Gasteiger partial charge < -0.3 is 10.1 Å². The number of rotatable bonds is 6. The van der Waals surface area contributed by atoms with Crippen LogP contribution in [0.15, 0.2) is 88.6 Å². The molecule has 7 nitrogen and oxygen atoms in total. The second-order valence-electron chi connectivity index (χ2n) is 7.65. The highest BCUT2D eigenvalue weighted by molar-refractivity contribution is 6.30. The molecule has 0 atom stereocenters. The fourth-order valence-corrected chi connectivity index (χ4v) is 3.61. The molecule has 0 saturated carbocycles. The zero-order chi connectivity index (χ0) is 25.9. The molecule has 4 rings (SSSR count). The number of carbonyl (C=O) groups excluding carboxylic acids is 1. The lowest BCUT2D eigenvalue weighted by Crippen LogP contribution is -2.28. The predicted molar refractivity (Wildman–Crippen MR) is 129 cm³/mol. The standard InChI is InChI=1S/C25H17ClF3N3O4/c26-21-14-32(24(35)31-23(21)34)19-9-7-18(8-10-19)30-22(33)12-15-3-1-4-16(11-15)17-5-2-6-20(13-17)36-25(27,28)29/h1-11,13-14H,12H2,(H,30,33)(H,31,34,35). The van der Waals surface area contributed by atoms with Crippen molar-refractivity contribution in [1.29, 1.82) is 0 Å². The van der Waals surface area contributed by atoms with Crippen LogP contribution in [0.5, 0.6) is 5.75 Å². The van der Waals surface area contributed by atoms with E-state index in [-0.39, 0.29) is 23.1 Å². The summed E-state index contributed by atoms with van der Waals surface area (Å²) in [7, 11) is 0. The van der Waals surface area contributed by atoms with Crippen LogP contribution in [-0.2, 0) is 11.2 Å². The lowest BCUT2D eigenvalue weighted by molar-refractivity contribution is -0.274. The van der Waals surface area contributed by atoms with Crippen LogP contribution in [0.3, 0.4) is 0 Å². The zero-order valence-electron chi connectivity index (χ0n) is 18.3. The monoisotopic (exact) mass is 515 g/mol. The highest BCUT2D eigenvalue weighted by Crippen LogP contribution is 2.28. The van der Waals surface area contributed by atoms with Gasteiger partial charge in [-0.05, 0) is 53.1 Å². The molecule has 1 aromatic heterocycles. The van der Waals surface area contributed by atoms with Crippen molar-refractivity contribution in [3.63, 3.8) is 0 Å². The number of aromatic amines is 1. The molecule has 3 aromatic carbocycles. The van der Waals surface area contributed by atoms with E-state index < -0.39 is 17.6 Å². The van der Waals surface area contributed by atoms with Crippen LogP contribution >= 0.6 is 11.6 Å². The summed E-state index contributed by atoms with van der Waals surface area (Å²) in [6.07, 6.45) is -3.57. The lowest BCUT2D eigenvalue weighted by Gasteiger charge is -2.11. The Balaban J connectivity index is 1.45. The van der Waals surface area contributed by atoms with Crippen molar-refractivity contribution in [2.75, 3.05) is 5.32 Å². The summed E-state index contributed by atoms with van der Waals surface area (Å²) in [5.74, 6) is -0.656. The summed E-state index contributed by atoms with van der Waals surface area (Å²) in [5, 5.41) is 2.60. The minimum absolute atomic E-state index is 0.0172. The van der Waals surface area contributed by atoms with Crippen molar-refractivity contribution in [2.24, 2.45) is 0 Å². The van der Waals surface area contributed by atoms with Crippen molar-refractivity contribution in [2.45, 2.75) is 12.8 Å². The third-order valence-corrected chi connectivity index (χ3v) is 5.29.